The summed E-state index contributed by atoms with van der Waals surface area (Å²) < 4.78 is 27.2. The van der Waals surface area contributed by atoms with E-state index in [1.165, 1.54) is 0 Å². The highest BCUT2D eigenvalue weighted by Gasteiger charge is 2.32. The SMILES string of the molecule is CCCC1CCN(S(=O)(=O)c2cccc(C(C)NC)c2)C1. The third-order valence-electron chi connectivity index (χ3n) is 4.37. The van der Waals surface area contributed by atoms with Gasteiger partial charge in [0.05, 0.1) is 4.90 Å². The third-order valence-corrected chi connectivity index (χ3v) is 6.24. The van der Waals surface area contributed by atoms with Crippen LogP contribution in [0.2, 0.25) is 0 Å². The van der Waals surface area contributed by atoms with Gasteiger partial charge in [-0.25, -0.2) is 8.42 Å². The van der Waals surface area contributed by atoms with Gasteiger partial charge in [-0.05, 0) is 50.4 Å². The van der Waals surface area contributed by atoms with E-state index in [0.717, 1.165) is 24.8 Å². The molecule has 1 aliphatic heterocycles. The highest BCUT2D eigenvalue weighted by Crippen LogP contribution is 2.27. The van der Waals surface area contributed by atoms with E-state index in [-0.39, 0.29) is 6.04 Å². The molecule has 0 aliphatic carbocycles. The zero-order valence-corrected chi connectivity index (χ0v) is 14.0. The van der Waals surface area contributed by atoms with Gasteiger partial charge in [0.1, 0.15) is 0 Å². The summed E-state index contributed by atoms with van der Waals surface area (Å²) in [5.41, 5.74) is 1.00. The van der Waals surface area contributed by atoms with Gasteiger partial charge in [-0.2, -0.15) is 4.31 Å². The first-order chi connectivity index (χ1) is 9.98. The fraction of sp³-hybridized carbons (Fsp3) is 0.625. The molecule has 5 heteroatoms. The molecule has 4 nitrogen and oxygen atoms in total. The van der Waals surface area contributed by atoms with Crippen molar-refractivity contribution in [1.29, 1.82) is 0 Å². The zero-order chi connectivity index (χ0) is 15.5. The quantitative estimate of drug-likeness (QED) is 0.879. The van der Waals surface area contributed by atoms with Crippen LogP contribution in [0, 0.1) is 5.92 Å². The maximum atomic E-state index is 12.8. The third kappa shape index (κ3) is 3.65. The van der Waals surface area contributed by atoms with Gasteiger partial charge in [-0.15, -0.1) is 0 Å². The molecule has 0 aromatic heterocycles. The van der Waals surface area contributed by atoms with E-state index in [4.69, 9.17) is 0 Å². The molecule has 1 aliphatic rings. The van der Waals surface area contributed by atoms with Gasteiger partial charge in [0, 0.05) is 19.1 Å². The van der Waals surface area contributed by atoms with Crippen molar-refractivity contribution in [2.75, 3.05) is 20.1 Å². The Kier molecular flexibility index (Phi) is 5.41. The molecule has 21 heavy (non-hydrogen) atoms. The molecule has 1 fully saturated rings. The summed E-state index contributed by atoms with van der Waals surface area (Å²) in [5, 5.41) is 3.14. The van der Waals surface area contributed by atoms with E-state index in [1.54, 1.807) is 16.4 Å². The van der Waals surface area contributed by atoms with Gasteiger partial charge >= 0.3 is 0 Å². The van der Waals surface area contributed by atoms with Crippen LogP contribution in [0.15, 0.2) is 29.2 Å². The van der Waals surface area contributed by atoms with E-state index < -0.39 is 10.0 Å². The number of rotatable bonds is 6. The predicted octanol–water partition coefficient (Wildman–Crippen LogP) is 2.78. The fourth-order valence-electron chi connectivity index (χ4n) is 2.92. The molecular weight excluding hydrogens is 284 g/mol. The molecule has 0 bridgehead atoms. The molecule has 2 rings (SSSR count). The Morgan fingerprint density at radius 3 is 2.86 bits per heavy atom. The van der Waals surface area contributed by atoms with Crippen LogP contribution in [0.5, 0.6) is 0 Å². The fourth-order valence-corrected chi connectivity index (χ4v) is 4.51. The van der Waals surface area contributed by atoms with Crippen molar-refractivity contribution in [3.63, 3.8) is 0 Å². The first-order valence-electron chi connectivity index (χ1n) is 7.76. The van der Waals surface area contributed by atoms with E-state index >= 15 is 0 Å². The Labute approximate surface area is 128 Å². The molecular formula is C16H26N2O2S. The summed E-state index contributed by atoms with van der Waals surface area (Å²) >= 11 is 0. The summed E-state index contributed by atoms with van der Waals surface area (Å²) in [6.07, 6.45) is 3.22. The Morgan fingerprint density at radius 2 is 2.19 bits per heavy atom. The predicted molar refractivity (Wildman–Crippen MR) is 85.7 cm³/mol. The second kappa shape index (κ2) is 6.90. The number of hydrogen-bond acceptors (Lipinski definition) is 3. The Balaban J connectivity index is 2.20. The molecule has 0 radical (unpaired) electrons. The lowest BCUT2D eigenvalue weighted by atomic mass is 10.0. The van der Waals surface area contributed by atoms with Crippen molar-refractivity contribution in [1.82, 2.24) is 9.62 Å². The summed E-state index contributed by atoms with van der Waals surface area (Å²) in [4.78, 5) is 0.416. The number of nitrogens with one attached hydrogen (secondary N) is 1. The number of hydrogen-bond donors (Lipinski definition) is 1. The Morgan fingerprint density at radius 1 is 1.43 bits per heavy atom. The van der Waals surface area contributed by atoms with E-state index in [2.05, 4.69) is 12.2 Å². The van der Waals surface area contributed by atoms with Crippen molar-refractivity contribution >= 4 is 10.0 Å². The van der Waals surface area contributed by atoms with Crippen LogP contribution in [-0.4, -0.2) is 32.9 Å². The Bertz CT molecular complexity index is 571. The molecule has 1 aromatic carbocycles. The van der Waals surface area contributed by atoms with Crippen molar-refractivity contribution in [2.45, 2.75) is 44.0 Å². The maximum absolute atomic E-state index is 12.8. The minimum Gasteiger partial charge on any atom is -0.313 e. The van der Waals surface area contributed by atoms with Crippen molar-refractivity contribution in [2.24, 2.45) is 5.92 Å². The molecule has 118 valence electrons. The number of nitrogens with zero attached hydrogens (tertiary/aromatic N) is 1. The van der Waals surface area contributed by atoms with Gasteiger partial charge in [0.15, 0.2) is 0 Å². The molecule has 1 aromatic rings. The average molecular weight is 310 g/mol. The second-order valence-corrected chi connectivity index (χ2v) is 7.83. The summed E-state index contributed by atoms with van der Waals surface area (Å²) in [6, 6.07) is 7.43. The van der Waals surface area contributed by atoms with Gasteiger partial charge in [-0.3, -0.25) is 0 Å². The normalized spacial score (nSPS) is 21.6. The largest absolute Gasteiger partial charge is 0.313 e. The van der Waals surface area contributed by atoms with Gasteiger partial charge in [0.25, 0.3) is 0 Å². The molecule has 2 atom stereocenters. The minimum atomic E-state index is -3.35. The molecule has 1 N–H and O–H groups in total. The average Bonchev–Trinajstić information content (AvgIpc) is 2.96. The van der Waals surface area contributed by atoms with E-state index in [1.807, 2.05) is 26.1 Å². The zero-order valence-electron chi connectivity index (χ0n) is 13.2. The van der Waals surface area contributed by atoms with E-state index in [0.29, 0.717) is 23.9 Å². The second-order valence-electron chi connectivity index (χ2n) is 5.89. The van der Waals surface area contributed by atoms with Gasteiger partial charge in [0.2, 0.25) is 10.0 Å². The highest BCUT2D eigenvalue weighted by molar-refractivity contribution is 7.89. The van der Waals surface area contributed by atoms with Crippen LogP contribution in [0.25, 0.3) is 0 Å². The molecule has 0 spiro atoms. The van der Waals surface area contributed by atoms with Crippen LogP contribution >= 0.6 is 0 Å². The van der Waals surface area contributed by atoms with Crippen LogP contribution in [-0.2, 0) is 10.0 Å². The van der Waals surface area contributed by atoms with Gasteiger partial charge in [-0.1, -0.05) is 25.5 Å². The van der Waals surface area contributed by atoms with E-state index in [9.17, 15) is 8.42 Å². The van der Waals surface area contributed by atoms with Crippen molar-refractivity contribution in [3.05, 3.63) is 29.8 Å². The van der Waals surface area contributed by atoms with Crippen LogP contribution in [0.3, 0.4) is 0 Å². The molecule has 0 amide bonds. The molecule has 1 heterocycles. The lowest BCUT2D eigenvalue weighted by Crippen LogP contribution is -2.29. The summed E-state index contributed by atoms with van der Waals surface area (Å²) in [7, 11) is -1.47. The lowest BCUT2D eigenvalue weighted by Gasteiger charge is -2.18. The number of benzene rings is 1. The first kappa shape index (κ1) is 16.5. The first-order valence-corrected chi connectivity index (χ1v) is 9.20. The Hall–Kier alpha value is -0.910. The molecule has 1 saturated heterocycles. The summed E-state index contributed by atoms with van der Waals surface area (Å²) in [6.45, 7) is 5.50. The van der Waals surface area contributed by atoms with Crippen molar-refractivity contribution in [3.8, 4) is 0 Å². The topological polar surface area (TPSA) is 49.4 Å². The minimum absolute atomic E-state index is 0.145. The summed E-state index contributed by atoms with van der Waals surface area (Å²) in [5.74, 6) is 0.518. The molecule has 2 unspecified atom stereocenters. The maximum Gasteiger partial charge on any atom is 0.243 e. The van der Waals surface area contributed by atoms with Crippen LogP contribution in [0.1, 0.15) is 44.7 Å². The van der Waals surface area contributed by atoms with Gasteiger partial charge < -0.3 is 5.32 Å². The van der Waals surface area contributed by atoms with Crippen LogP contribution < -0.4 is 5.32 Å². The number of sulfonamides is 1. The lowest BCUT2D eigenvalue weighted by molar-refractivity contribution is 0.444. The van der Waals surface area contributed by atoms with Crippen molar-refractivity contribution < 1.29 is 8.42 Å². The van der Waals surface area contributed by atoms with Crippen LogP contribution in [0.4, 0.5) is 0 Å². The smallest absolute Gasteiger partial charge is 0.243 e. The standard InChI is InChI=1S/C16H26N2O2S/c1-4-6-14-9-10-18(12-14)21(19,20)16-8-5-7-15(11-16)13(2)17-3/h5,7-8,11,13-14,17H,4,6,9-10,12H2,1-3H3. The monoisotopic (exact) mass is 310 g/mol. The highest BCUT2D eigenvalue weighted by atomic mass is 32.2. The molecule has 0 saturated carbocycles.